The summed E-state index contributed by atoms with van der Waals surface area (Å²) < 4.78 is 2.02. The van der Waals surface area contributed by atoms with Crippen LogP contribution in [0, 0.1) is 0 Å². The zero-order valence-corrected chi connectivity index (χ0v) is 12.9. The molecule has 0 aliphatic heterocycles. The molecule has 2 aromatic rings. The van der Waals surface area contributed by atoms with Gasteiger partial charge in [0.05, 0.1) is 11.7 Å². The number of nitrogens with one attached hydrogen (secondary N) is 1. The Morgan fingerprint density at radius 1 is 1.15 bits per heavy atom. The van der Waals surface area contributed by atoms with Crippen LogP contribution in [0.4, 0.5) is 0 Å². The van der Waals surface area contributed by atoms with Gasteiger partial charge in [0.2, 0.25) is 0 Å². The van der Waals surface area contributed by atoms with E-state index in [2.05, 4.69) is 74.6 Å². The summed E-state index contributed by atoms with van der Waals surface area (Å²) in [6.07, 6.45) is 5.13. The highest BCUT2D eigenvalue weighted by Gasteiger charge is 2.14. The minimum absolute atomic E-state index is 0.0495. The van der Waals surface area contributed by atoms with E-state index in [0.717, 1.165) is 13.0 Å². The third-order valence-electron chi connectivity index (χ3n) is 3.36. The van der Waals surface area contributed by atoms with Crippen molar-refractivity contribution in [2.75, 3.05) is 0 Å². The lowest BCUT2D eigenvalue weighted by atomic mass is 10.1. The standard InChI is InChI=1S/C17H25N3/c1-14(10-15-8-6-5-7-9-15)18-11-16-12-19-20(13-16)17(2,3)4/h5-9,12-14,18H,10-11H2,1-4H3. The van der Waals surface area contributed by atoms with Gasteiger partial charge in [-0.1, -0.05) is 30.3 Å². The first-order valence-corrected chi connectivity index (χ1v) is 7.26. The van der Waals surface area contributed by atoms with E-state index in [1.165, 1.54) is 11.1 Å². The van der Waals surface area contributed by atoms with E-state index < -0.39 is 0 Å². The molecule has 108 valence electrons. The predicted molar refractivity (Wildman–Crippen MR) is 83.7 cm³/mol. The van der Waals surface area contributed by atoms with Gasteiger partial charge in [-0.25, -0.2) is 0 Å². The van der Waals surface area contributed by atoms with Crippen molar-refractivity contribution in [3.05, 3.63) is 53.9 Å². The molecule has 3 nitrogen and oxygen atoms in total. The molecule has 1 atom stereocenters. The van der Waals surface area contributed by atoms with Crippen LogP contribution in [0.15, 0.2) is 42.7 Å². The van der Waals surface area contributed by atoms with Crippen molar-refractivity contribution < 1.29 is 0 Å². The second-order valence-corrected chi connectivity index (χ2v) is 6.44. The first kappa shape index (κ1) is 14.8. The minimum atomic E-state index is 0.0495. The quantitative estimate of drug-likeness (QED) is 0.903. The SMILES string of the molecule is CC(Cc1ccccc1)NCc1cnn(C(C)(C)C)c1. The molecule has 0 amide bonds. The molecule has 2 rings (SSSR count). The molecule has 1 aromatic carbocycles. The van der Waals surface area contributed by atoms with Crippen LogP contribution in [-0.2, 0) is 18.5 Å². The predicted octanol–water partition coefficient (Wildman–Crippen LogP) is 3.36. The van der Waals surface area contributed by atoms with Gasteiger partial charge >= 0.3 is 0 Å². The maximum Gasteiger partial charge on any atom is 0.0543 e. The van der Waals surface area contributed by atoms with Gasteiger partial charge in [-0.05, 0) is 39.7 Å². The van der Waals surface area contributed by atoms with E-state index in [1.54, 1.807) is 0 Å². The molecule has 1 N–H and O–H groups in total. The number of aromatic nitrogens is 2. The first-order chi connectivity index (χ1) is 9.45. The Bertz CT molecular complexity index is 523. The van der Waals surface area contributed by atoms with Crippen molar-refractivity contribution in [2.24, 2.45) is 0 Å². The summed E-state index contributed by atoms with van der Waals surface area (Å²) in [5.74, 6) is 0. The van der Waals surface area contributed by atoms with Gasteiger partial charge in [-0.3, -0.25) is 4.68 Å². The fraction of sp³-hybridized carbons (Fsp3) is 0.471. The maximum atomic E-state index is 4.43. The van der Waals surface area contributed by atoms with Gasteiger partial charge in [0.15, 0.2) is 0 Å². The summed E-state index contributed by atoms with van der Waals surface area (Å²) in [4.78, 5) is 0. The average Bonchev–Trinajstić information content (AvgIpc) is 2.86. The minimum Gasteiger partial charge on any atom is -0.310 e. The van der Waals surface area contributed by atoms with Crippen LogP contribution in [0.3, 0.4) is 0 Å². The Morgan fingerprint density at radius 3 is 2.45 bits per heavy atom. The normalized spacial score (nSPS) is 13.4. The van der Waals surface area contributed by atoms with Gasteiger partial charge in [-0.2, -0.15) is 5.10 Å². The van der Waals surface area contributed by atoms with Gasteiger partial charge in [-0.15, -0.1) is 0 Å². The highest BCUT2D eigenvalue weighted by Crippen LogP contribution is 2.13. The van der Waals surface area contributed by atoms with Crippen molar-refractivity contribution >= 4 is 0 Å². The van der Waals surface area contributed by atoms with Crippen LogP contribution in [0.1, 0.15) is 38.8 Å². The highest BCUT2D eigenvalue weighted by atomic mass is 15.3. The van der Waals surface area contributed by atoms with Gasteiger partial charge < -0.3 is 5.32 Å². The lowest BCUT2D eigenvalue weighted by molar-refractivity contribution is 0.355. The molecule has 0 aliphatic rings. The second-order valence-electron chi connectivity index (χ2n) is 6.44. The van der Waals surface area contributed by atoms with Crippen molar-refractivity contribution in [1.29, 1.82) is 0 Å². The number of hydrogen-bond donors (Lipinski definition) is 1. The molecule has 3 heteroatoms. The summed E-state index contributed by atoms with van der Waals surface area (Å²) in [7, 11) is 0. The Labute approximate surface area is 122 Å². The summed E-state index contributed by atoms with van der Waals surface area (Å²) >= 11 is 0. The molecule has 0 saturated heterocycles. The third kappa shape index (κ3) is 4.20. The lowest BCUT2D eigenvalue weighted by Crippen LogP contribution is -2.27. The molecule has 0 aliphatic carbocycles. The molecule has 20 heavy (non-hydrogen) atoms. The van der Waals surface area contributed by atoms with E-state index in [-0.39, 0.29) is 5.54 Å². The van der Waals surface area contributed by atoms with Crippen LogP contribution in [0.2, 0.25) is 0 Å². The monoisotopic (exact) mass is 271 g/mol. The molecular formula is C17H25N3. The van der Waals surface area contributed by atoms with E-state index in [0.29, 0.717) is 6.04 Å². The van der Waals surface area contributed by atoms with E-state index in [9.17, 15) is 0 Å². The summed E-state index contributed by atoms with van der Waals surface area (Å²) in [6.45, 7) is 9.57. The van der Waals surface area contributed by atoms with E-state index >= 15 is 0 Å². The zero-order valence-electron chi connectivity index (χ0n) is 12.9. The van der Waals surface area contributed by atoms with Gasteiger partial charge in [0, 0.05) is 24.3 Å². The third-order valence-corrected chi connectivity index (χ3v) is 3.36. The molecule has 0 spiro atoms. The summed E-state index contributed by atoms with van der Waals surface area (Å²) in [5.41, 5.74) is 2.66. The Morgan fingerprint density at radius 2 is 1.85 bits per heavy atom. The molecule has 1 heterocycles. The topological polar surface area (TPSA) is 29.9 Å². The van der Waals surface area contributed by atoms with E-state index in [1.807, 2.05) is 10.9 Å². The van der Waals surface area contributed by atoms with Crippen LogP contribution in [-0.4, -0.2) is 15.8 Å². The molecular weight excluding hydrogens is 246 g/mol. The summed E-state index contributed by atoms with van der Waals surface area (Å²) in [6, 6.07) is 11.1. The van der Waals surface area contributed by atoms with Crippen LogP contribution in [0.25, 0.3) is 0 Å². The van der Waals surface area contributed by atoms with E-state index in [4.69, 9.17) is 0 Å². The first-order valence-electron chi connectivity index (χ1n) is 7.26. The number of nitrogens with zero attached hydrogens (tertiary/aromatic N) is 2. The van der Waals surface area contributed by atoms with Crippen molar-refractivity contribution in [3.8, 4) is 0 Å². The number of rotatable bonds is 5. The van der Waals surface area contributed by atoms with Crippen LogP contribution in [0.5, 0.6) is 0 Å². The Kier molecular flexibility index (Phi) is 4.61. The lowest BCUT2D eigenvalue weighted by Gasteiger charge is -2.18. The van der Waals surface area contributed by atoms with Crippen molar-refractivity contribution in [3.63, 3.8) is 0 Å². The average molecular weight is 271 g/mol. The van der Waals surface area contributed by atoms with Gasteiger partial charge in [0.1, 0.15) is 0 Å². The number of benzene rings is 1. The largest absolute Gasteiger partial charge is 0.310 e. The van der Waals surface area contributed by atoms with Gasteiger partial charge in [0.25, 0.3) is 0 Å². The fourth-order valence-electron chi connectivity index (χ4n) is 2.15. The summed E-state index contributed by atoms with van der Waals surface area (Å²) in [5, 5.41) is 7.98. The number of hydrogen-bond acceptors (Lipinski definition) is 2. The molecule has 1 aromatic heterocycles. The molecule has 0 bridgehead atoms. The second kappa shape index (κ2) is 6.23. The highest BCUT2D eigenvalue weighted by molar-refractivity contribution is 5.15. The van der Waals surface area contributed by atoms with Crippen LogP contribution < -0.4 is 5.32 Å². The van der Waals surface area contributed by atoms with Crippen LogP contribution >= 0.6 is 0 Å². The Hall–Kier alpha value is -1.61. The van der Waals surface area contributed by atoms with Crippen molar-refractivity contribution in [1.82, 2.24) is 15.1 Å². The zero-order chi connectivity index (χ0) is 14.6. The molecule has 0 saturated carbocycles. The van der Waals surface area contributed by atoms with Crippen molar-refractivity contribution in [2.45, 2.75) is 52.2 Å². The molecule has 0 radical (unpaired) electrons. The molecule has 0 fully saturated rings. The molecule has 1 unspecified atom stereocenters. The maximum absolute atomic E-state index is 4.43. The smallest absolute Gasteiger partial charge is 0.0543 e. The fourth-order valence-corrected chi connectivity index (χ4v) is 2.15. The Balaban J connectivity index is 1.84.